The van der Waals surface area contributed by atoms with Crippen molar-refractivity contribution >= 4 is 23.9 Å². The second-order valence-corrected chi connectivity index (χ2v) is 4.68. The summed E-state index contributed by atoms with van der Waals surface area (Å²) >= 11 is 0. The highest BCUT2D eigenvalue weighted by molar-refractivity contribution is 5.85. The van der Waals surface area contributed by atoms with Gasteiger partial charge >= 0.3 is 5.97 Å². The lowest BCUT2D eigenvalue weighted by Gasteiger charge is -2.31. The number of nitrogens with zero attached hydrogens (tertiary/aromatic N) is 3. The summed E-state index contributed by atoms with van der Waals surface area (Å²) in [6.45, 7) is 1.31. The van der Waals surface area contributed by atoms with Crippen LogP contribution in [0.1, 0.15) is 18.4 Å². The van der Waals surface area contributed by atoms with E-state index in [1.165, 1.54) is 6.08 Å². The fourth-order valence-electron chi connectivity index (χ4n) is 2.14. The van der Waals surface area contributed by atoms with Crippen LogP contribution in [0.4, 0.5) is 5.95 Å². The molecule has 3 N–H and O–H groups in total. The van der Waals surface area contributed by atoms with Crippen molar-refractivity contribution in [3.8, 4) is 0 Å². The predicted octanol–water partition coefficient (Wildman–Crippen LogP) is 0.276. The van der Waals surface area contributed by atoms with Crippen LogP contribution in [0.15, 0.2) is 18.5 Å². The van der Waals surface area contributed by atoms with E-state index in [1.807, 2.05) is 4.90 Å². The lowest BCUT2D eigenvalue weighted by atomic mass is 9.98. The number of amides is 1. The molecule has 0 aliphatic carbocycles. The van der Waals surface area contributed by atoms with Crippen molar-refractivity contribution in [3.05, 3.63) is 24.0 Å². The van der Waals surface area contributed by atoms with Crippen LogP contribution in [-0.4, -0.2) is 40.0 Å². The molecule has 0 aromatic carbocycles. The Morgan fingerprint density at radius 1 is 1.40 bits per heavy atom. The summed E-state index contributed by atoms with van der Waals surface area (Å²) in [5, 5.41) is 8.53. The zero-order valence-electron chi connectivity index (χ0n) is 10.9. The molecule has 1 aliphatic heterocycles. The van der Waals surface area contributed by atoms with Crippen LogP contribution in [0.3, 0.4) is 0 Å². The second kappa shape index (κ2) is 6.14. The van der Waals surface area contributed by atoms with E-state index in [2.05, 4.69) is 9.97 Å². The molecule has 1 atom stereocenters. The van der Waals surface area contributed by atoms with Gasteiger partial charge in [0.2, 0.25) is 11.9 Å². The third-order valence-corrected chi connectivity index (χ3v) is 3.18. The van der Waals surface area contributed by atoms with Crippen LogP contribution in [0.25, 0.3) is 6.08 Å². The molecule has 0 saturated carbocycles. The van der Waals surface area contributed by atoms with Gasteiger partial charge in [0.05, 0.1) is 5.92 Å². The van der Waals surface area contributed by atoms with Crippen molar-refractivity contribution in [2.45, 2.75) is 12.8 Å². The Morgan fingerprint density at radius 2 is 2.10 bits per heavy atom. The molecule has 2 rings (SSSR count). The molecule has 20 heavy (non-hydrogen) atoms. The Bertz CT molecular complexity index is 527. The predicted molar refractivity (Wildman–Crippen MR) is 72.8 cm³/mol. The van der Waals surface area contributed by atoms with Crippen molar-refractivity contribution in [2.75, 3.05) is 18.0 Å². The lowest BCUT2D eigenvalue weighted by Crippen LogP contribution is -2.41. The van der Waals surface area contributed by atoms with Gasteiger partial charge in [-0.1, -0.05) is 0 Å². The summed E-state index contributed by atoms with van der Waals surface area (Å²) in [7, 11) is 0. The van der Waals surface area contributed by atoms with E-state index in [9.17, 15) is 9.59 Å². The monoisotopic (exact) mass is 276 g/mol. The quantitative estimate of drug-likeness (QED) is 0.764. The van der Waals surface area contributed by atoms with E-state index >= 15 is 0 Å². The molecular formula is C13H16N4O3. The Hall–Kier alpha value is -2.44. The van der Waals surface area contributed by atoms with Crippen LogP contribution < -0.4 is 10.6 Å². The molecule has 0 bridgehead atoms. The minimum atomic E-state index is -1.02. The molecule has 1 fully saturated rings. The first kappa shape index (κ1) is 14.0. The summed E-state index contributed by atoms with van der Waals surface area (Å²) < 4.78 is 0. The molecule has 7 nitrogen and oxygen atoms in total. The summed E-state index contributed by atoms with van der Waals surface area (Å²) in [6, 6.07) is 0. The Balaban J connectivity index is 2.06. The number of carbonyl (C=O) groups is 2. The number of rotatable bonds is 4. The number of anilines is 1. The highest BCUT2D eigenvalue weighted by atomic mass is 16.4. The number of primary amides is 1. The van der Waals surface area contributed by atoms with Gasteiger partial charge in [0.15, 0.2) is 0 Å². The number of hydrogen-bond acceptors (Lipinski definition) is 5. The first-order valence-corrected chi connectivity index (χ1v) is 6.33. The molecule has 1 aromatic rings. The molecule has 2 heterocycles. The molecule has 7 heteroatoms. The smallest absolute Gasteiger partial charge is 0.328 e. The number of carboxylic acids is 1. The van der Waals surface area contributed by atoms with Crippen molar-refractivity contribution in [2.24, 2.45) is 11.7 Å². The third-order valence-electron chi connectivity index (χ3n) is 3.18. The van der Waals surface area contributed by atoms with E-state index in [0.29, 0.717) is 18.1 Å². The second-order valence-electron chi connectivity index (χ2n) is 4.68. The zero-order chi connectivity index (χ0) is 14.5. The van der Waals surface area contributed by atoms with Crippen molar-refractivity contribution in [1.29, 1.82) is 0 Å². The Morgan fingerprint density at radius 3 is 2.70 bits per heavy atom. The minimum Gasteiger partial charge on any atom is -0.478 e. The van der Waals surface area contributed by atoms with Crippen LogP contribution in [0.2, 0.25) is 0 Å². The molecule has 0 radical (unpaired) electrons. The van der Waals surface area contributed by atoms with Gasteiger partial charge in [-0.2, -0.15) is 0 Å². The molecule has 0 spiro atoms. The topological polar surface area (TPSA) is 109 Å². The molecule has 1 aliphatic rings. The average Bonchev–Trinajstić information content (AvgIpc) is 2.46. The molecule has 1 amide bonds. The van der Waals surface area contributed by atoms with E-state index in [1.54, 1.807) is 12.4 Å². The number of hydrogen-bond donors (Lipinski definition) is 2. The summed E-state index contributed by atoms with van der Waals surface area (Å²) in [6.07, 6.45) is 7.23. The standard InChI is InChI=1S/C13H16N4O3/c14-12(20)10-2-1-5-17(8-10)13-15-6-9(7-16-13)3-4-11(18)19/h3-4,6-7,10H,1-2,5,8H2,(H2,14,20)(H,18,19)/b4-3+. The fourth-order valence-corrected chi connectivity index (χ4v) is 2.14. The van der Waals surface area contributed by atoms with Gasteiger partial charge in [-0.05, 0) is 18.9 Å². The maximum atomic E-state index is 11.2. The number of carboxylic acid groups (broad SMARTS) is 1. The first-order valence-electron chi connectivity index (χ1n) is 6.33. The lowest BCUT2D eigenvalue weighted by molar-refractivity contribution is -0.131. The highest BCUT2D eigenvalue weighted by Crippen LogP contribution is 2.19. The number of carbonyl (C=O) groups excluding carboxylic acids is 1. The Labute approximate surface area is 116 Å². The largest absolute Gasteiger partial charge is 0.478 e. The van der Waals surface area contributed by atoms with Gasteiger partial charge in [0.1, 0.15) is 0 Å². The van der Waals surface area contributed by atoms with E-state index < -0.39 is 5.97 Å². The van der Waals surface area contributed by atoms with Crippen LogP contribution in [0, 0.1) is 5.92 Å². The van der Waals surface area contributed by atoms with Crippen molar-refractivity contribution in [1.82, 2.24) is 9.97 Å². The summed E-state index contributed by atoms with van der Waals surface area (Å²) in [4.78, 5) is 31.9. The molecule has 1 aromatic heterocycles. The fraction of sp³-hybridized carbons (Fsp3) is 0.385. The van der Waals surface area contributed by atoms with Crippen LogP contribution in [-0.2, 0) is 9.59 Å². The van der Waals surface area contributed by atoms with E-state index in [0.717, 1.165) is 25.5 Å². The van der Waals surface area contributed by atoms with Crippen molar-refractivity contribution in [3.63, 3.8) is 0 Å². The number of nitrogens with two attached hydrogens (primary N) is 1. The molecule has 1 unspecified atom stereocenters. The first-order chi connectivity index (χ1) is 9.56. The number of aromatic nitrogens is 2. The summed E-state index contributed by atoms with van der Waals surface area (Å²) in [5.74, 6) is -0.951. The minimum absolute atomic E-state index is 0.168. The van der Waals surface area contributed by atoms with Crippen LogP contribution >= 0.6 is 0 Å². The van der Waals surface area contributed by atoms with Crippen LogP contribution in [0.5, 0.6) is 0 Å². The normalized spacial score (nSPS) is 19.2. The average molecular weight is 276 g/mol. The zero-order valence-corrected chi connectivity index (χ0v) is 10.9. The molecule has 106 valence electrons. The van der Waals surface area contributed by atoms with Gasteiger partial charge in [0.25, 0.3) is 0 Å². The van der Waals surface area contributed by atoms with Gasteiger partial charge in [-0.3, -0.25) is 4.79 Å². The van der Waals surface area contributed by atoms with Gasteiger partial charge in [0, 0.05) is 37.1 Å². The number of piperidine rings is 1. The SMILES string of the molecule is NC(=O)C1CCCN(c2ncc(/C=C/C(=O)O)cn2)C1. The summed E-state index contributed by atoms with van der Waals surface area (Å²) in [5.41, 5.74) is 5.94. The molecule has 1 saturated heterocycles. The maximum absolute atomic E-state index is 11.2. The third kappa shape index (κ3) is 3.53. The van der Waals surface area contributed by atoms with Gasteiger partial charge in [-0.15, -0.1) is 0 Å². The number of aliphatic carboxylic acids is 1. The van der Waals surface area contributed by atoms with E-state index in [-0.39, 0.29) is 11.8 Å². The van der Waals surface area contributed by atoms with Gasteiger partial charge in [-0.25, -0.2) is 14.8 Å². The maximum Gasteiger partial charge on any atom is 0.328 e. The van der Waals surface area contributed by atoms with Crippen molar-refractivity contribution < 1.29 is 14.7 Å². The van der Waals surface area contributed by atoms with E-state index in [4.69, 9.17) is 10.8 Å². The molecular weight excluding hydrogens is 260 g/mol. The Kier molecular flexibility index (Phi) is 4.29. The van der Waals surface area contributed by atoms with Gasteiger partial charge < -0.3 is 15.7 Å². The highest BCUT2D eigenvalue weighted by Gasteiger charge is 2.25.